The number of benzene rings is 1. The number of unbranched alkanes of at least 4 members (excludes halogenated alkanes) is 1. The van der Waals surface area contributed by atoms with Gasteiger partial charge in [-0.15, -0.1) is 0 Å². The van der Waals surface area contributed by atoms with Gasteiger partial charge in [0.15, 0.2) is 0 Å². The molecule has 2 rings (SSSR count). The van der Waals surface area contributed by atoms with Crippen molar-refractivity contribution in [2.24, 2.45) is 0 Å². The Bertz CT molecular complexity index is 784. The molecule has 172 valence electrons. The van der Waals surface area contributed by atoms with Gasteiger partial charge in [-0.05, 0) is 69.6 Å². The van der Waals surface area contributed by atoms with Gasteiger partial charge in [0.2, 0.25) is 0 Å². The zero-order chi connectivity index (χ0) is 22.8. The van der Waals surface area contributed by atoms with Gasteiger partial charge in [0.1, 0.15) is 0 Å². The number of rotatable bonds is 10. The van der Waals surface area contributed by atoms with Crippen LogP contribution in [0.2, 0.25) is 5.02 Å². The van der Waals surface area contributed by atoms with Crippen molar-refractivity contribution in [3.8, 4) is 0 Å². The second kappa shape index (κ2) is 13.1. The first-order valence-electron chi connectivity index (χ1n) is 11.5. The number of hydrogen-bond acceptors (Lipinski definition) is 3. The SMILES string of the molecule is CCCCN(C(=O)NC(=O)C1=CCCCC1)c1ccc(Cl)c(NC(CC)P(C)CC)c1. The Morgan fingerprint density at radius 2 is 2.00 bits per heavy atom. The largest absolute Gasteiger partial charge is 0.377 e. The standard InChI is InChI=1S/C24H37ClN3O2P/c1-5-8-16-28(24(30)27-23(29)18-12-10-9-11-13-18)19-14-15-20(25)21(17-19)26-22(6-2)31(4)7-3/h12,14-15,17,22,26H,5-11,13,16H2,1-4H3,(H,27,29,30). The molecule has 7 heteroatoms. The average molecular weight is 466 g/mol. The summed E-state index contributed by atoms with van der Waals surface area (Å²) in [7, 11) is -0.158. The molecule has 0 fully saturated rings. The molecule has 0 saturated carbocycles. The average Bonchev–Trinajstić information content (AvgIpc) is 2.79. The van der Waals surface area contributed by atoms with Crippen molar-refractivity contribution < 1.29 is 9.59 Å². The Labute approximate surface area is 193 Å². The molecule has 0 spiro atoms. The fraction of sp³-hybridized carbons (Fsp3) is 0.583. The molecule has 1 aliphatic rings. The van der Waals surface area contributed by atoms with Gasteiger partial charge >= 0.3 is 6.03 Å². The third-order valence-corrected chi connectivity index (χ3v) is 8.67. The molecule has 2 N–H and O–H groups in total. The first-order chi connectivity index (χ1) is 14.9. The first-order valence-corrected chi connectivity index (χ1v) is 13.9. The summed E-state index contributed by atoms with van der Waals surface area (Å²) in [5.41, 5.74) is 2.30. The highest BCUT2D eigenvalue weighted by Crippen LogP contribution is 2.40. The Balaban J connectivity index is 2.23. The highest BCUT2D eigenvalue weighted by atomic mass is 35.5. The Morgan fingerprint density at radius 3 is 2.61 bits per heavy atom. The van der Waals surface area contributed by atoms with E-state index < -0.39 is 0 Å². The van der Waals surface area contributed by atoms with E-state index >= 15 is 0 Å². The summed E-state index contributed by atoms with van der Waals surface area (Å²) in [6.07, 6.45) is 9.65. The van der Waals surface area contributed by atoms with Crippen molar-refractivity contribution in [1.29, 1.82) is 0 Å². The molecule has 2 atom stereocenters. The van der Waals surface area contributed by atoms with Crippen LogP contribution in [0, 0.1) is 0 Å². The minimum atomic E-state index is -0.378. The molecule has 1 aliphatic carbocycles. The van der Waals surface area contributed by atoms with Crippen LogP contribution in [0.4, 0.5) is 16.2 Å². The van der Waals surface area contributed by atoms with E-state index in [2.05, 4.69) is 38.1 Å². The molecule has 3 amide bonds. The van der Waals surface area contributed by atoms with Gasteiger partial charge in [0, 0.05) is 23.6 Å². The van der Waals surface area contributed by atoms with E-state index in [1.165, 1.54) is 0 Å². The van der Waals surface area contributed by atoms with E-state index in [0.717, 1.165) is 68.1 Å². The van der Waals surface area contributed by atoms with Crippen molar-refractivity contribution in [3.63, 3.8) is 0 Å². The molecule has 31 heavy (non-hydrogen) atoms. The van der Waals surface area contributed by atoms with E-state index in [9.17, 15) is 9.59 Å². The van der Waals surface area contributed by atoms with Crippen LogP contribution in [-0.4, -0.2) is 37.1 Å². The molecule has 0 saturated heterocycles. The predicted molar refractivity (Wildman–Crippen MR) is 135 cm³/mol. The maximum Gasteiger partial charge on any atom is 0.328 e. The van der Waals surface area contributed by atoms with Crippen molar-refractivity contribution in [3.05, 3.63) is 34.9 Å². The number of allylic oxidation sites excluding steroid dienone is 1. The van der Waals surface area contributed by atoms with E-state index in [-0.39, 0.29) is 19.9 Å². The van der Waals surface area contributed by atoms with Crippen LogP contribution in [-0.2, 0) is 4.79 Å². The highest BCUT2D eigenvalue weighted by molar-refractivity contribution is 7.57. The van der Waals surface area contributed by atoms with Crippen LogP contribution in [0.15, 0.2) is 29.8 Å². The minimum absolute atomic E-state index is 0.158. The lowest BCUT2D eigenvalue weighted by molar-refractivity contribution is -0.116. The summed E-state index contributed by atoms with van der Waals surface area (Å²) in [4.78, 5) is 27.3. The molecule has 1 aromatic rings. The summed E-state index contributed by atoms with van der Waals surface area (Å²) < 4.78 is 0. The van der Waals surface area contributed by atoms with Crippen molar-refractivity contribution >= 4 is 42.8 Å². The van der Waals surface area contributed by atoms with Gasteiger partial charge in [-0.2, -0.15) is 0 Å². The van der Waals surface area contributed by atoms with Gasteiger partial charge in [-0.1, -0.05) is 52.8 Å². The number of carbonyl (C=O) groups excluding carboxylic acids is 2. The van der Waals surface area contributed by atoms with Gasteiger partial charge < -0.3 is 5.32 Å². The van der Waals surface area contributed by atoms with E-state index in [1.807, 2.05) is 24.3 Å². The molecular formula is C24H37ClN3O2P. The number of nitrogens with one attached hydrogen (secondary N) is 2. The zero-order valence-corrected chi connectivity index (χ0v) is 21.0. The van der Waals surface area contributed by atoms with Crippen LogP contribution in [0.1, 0.15) is 65.7 Å². The summed E-state index contributed by atoms with van der Waals surface area (Å²) >= 11 is 6.48. The maximum atomic E-state index is 13.0. The molecule has 0 aliphatic heterocycles. The highest BCUT2D eigenvalue weighted by Gasteiger charge is 2.22. The van der Waals surface area contributed by atoms with E-state index in [1.54, 1.807) is 4.90 Å². The number of imide groups is 1. The third kappa shape index (κ3) is 7.50. The predicted octanol–water partition coefficient (Wildman–Crippen LogP) is 6.96. The van der Waals surface area contributed by atoms with Crippen LogP contribution in [0.5, 0.6) is 0 Å². The second-order valence-electron chi connectivity index (χ2n) is 8.05. The Morgan fingerprint density at radius 1 is 1.23 bits per heavy atom. The molecule has 1 aromatic carbocycles. The Kier molecular flexibility index (Phi) is 10.8. The van der Waals surface area contributed by atoms with Crippen molar-refractivity contribution in [2.45, 2.75) is 71.5 Å². The fourth-order valence-corrected chi connectivity index (χ4v) is 5.26. The summed E-state index contributed by atoms with van der Waals surface area (Å²) in [6, 6.07) is 5.23. The van der Waals surface area contributed by atoms with E-state index in [0.29, 0.717) is 17.4 Å². The first kappa shape index (κ1) is 25.7. The molecule has 5 nitrogen and oxygen atoms in total. The van der Waals surface area contributed by atoms with Crippen molar-refractivity contribution in [1.82, 2.24) is 5.32 Å². The second-order valence-corrected chi connectivity index (χ2v) is 11.2. The number of halogens is 1. The quantitative estimate of drug-likeness (QED) is 0.367. The van der Waals surface area contributed by atoms with Crippen LogP contribution < -0.4 is 15.5 Å². The number of amides is 3. The normalized spacial score (nSPS) is 15.6. The number of carbonyl (C=O) groups is 2. The van der Waals surface area contributed by atoms with Crippen LogP contribution in [0.3, 0.4) is 0 Å². The smallest absolute Gasteiger partial charge is 0.328 e. The summed E-state index contributed by atoms with van der Waals surface area (Å²) in [6.45, 7) is 9.31. The van der Waals surface area contributed by atoms with Gasteiger partial charge in [0.05, 0.1) is 10.7 Å². The van der Waals surface area contributed by atoms with Crippen LogP contribution >= 0.6 is 19.5 Å². The molecule has 0 heterocycles. The lowest BCUT2D eigenvalue weighted by atomic mass is 9.99. The van der Waals surface area contributed by atoms with Crippen molar-refractivity contribution in [2.75, 3.05) is 29.6 Å². The number of hydrogen-bond donors (Lipinski definition) is 2. The van der Waals surface area contributed by atoms with Gasteiger partial charge in [-0.25, -0.2) is 4.79 Å². The monoisotopic (exact) mass is 465 g/mol. The van der Waals surface area contributed by atoms with E-state index in [4.69, 9.17) is 11.6 Å². The zero-order valence-electron chi connectivity index (χ0n) is 19.3. The lowest BCUT2D eigenvalue weighted by Gasteiger charge is -2.27. The van der Waals surface area contributed by atoms with Crippen LogP contribution in [0.25, 0.3) is 0 Å². The number of anilines is 2. The molecular weight excluding hydrogens is 429 g/mol. The topological polar surface area (TPSA) is 61.4 Å². The summed E-state index contributed by atoms with van der Waals surface area (Å²) in [5.74, 6) is 0.0922. The molecule has 2 unspecified atom stereocenters. The Hall–Kier alpha value is -1.58. The molecule has 0 aromatic heterocycles. The maximum absolute atomic E-state index is 13.0. The lowest BCUT2D eigenvalue weighted by Crippen LogP contribution is -2.44. The van der Waals surface area contributed by atoms with Gasteiger partial charge in [-0.3, -0.25) is 15.0 Å². The minimum Gasteiger partial charge on any atom is -0.377 e. The molecule has 0 radical (unpaired) electrons. The third-order valence-electron chi connectivity index (χ3n) is 5.78. The van der Waals surface area contributed by atoms with Gasteiger partial charge in [0.25, 0.3) is 5.91 Å². The fourth-order valence-electron chi connectivity index (χ4n) is 3.67. The number of urea groups is 1. The molecule has 0 bridgehead atoms. The summed E-state index contributed by atoms with van der Waals surface area (Å²) in [5, 5.41) is 6.83. The number of nitrogens with zero attached hydrogens (tertiary/aromatic N) is 1.